The molecule has 3 nitrogen and oxygen atoms in total. The SMILES string of the molecule is O=C([O-])CCCC(=O)c1ccc(F)cc1. The maximum atomic E-state index is 12.5. The molecular formula is C11H10FO3-. The number of rotatable bonds is 5. The van der Waals surface area contributed by atoms with Gasteiger partial charge in [-0.15, -0.1) is 0 Å². The first-order valence-electron chi connectivity index (χ1n) is 4.58. The third kappa shape index (κ3) is 3.89. The lowest BCUT2D eigenvalue weighted by atomic mass is 10.1. The zero-order valence-electron chi connectivity index (χ0n) is 8.03. The quantitative estimate of drug-likeness (QED) is 0.678. The molecule has 0 atom stereocenters. The average Bonchev–Trinajstić information content (AvgIpc) is 2.18. The minimum atomic E-state index is -1.16. The number of carboxylic acids is 1. The lowest BCUT2D eigenvalue weighted by molar-refractivity contribution is -0.305. The molecule has 1 aromatic carbocycles. The van der Waals surface area contributed by atoms with Gasteiger partial charge in [-0.1, -0.05) is 0 Å². The molecule has 0 heterocycles. The summed E-state index contributed by atoms with van der Waals surface area (Å²) in [5.74, 6) is -1.75. The van der Waals surface area contributed by atoms with E-state index in [0.717, 1.165) is 0 Å². The van der Waals surface area contributed by atoms with Gasteiger partial charge in [-0.25, -0.2) is 4.39 Å². The Morgan fingerprint density at radius 2 is 1.73 bits per heavy atom. The highest BCUT2D eigenvalue weighted by Gasteiger charge is 2.05. The van der Waals surface area contributed by atoms with Crippen molar-refractivity contribution in [2.24, 2.45) is 0 Å². The molecule has 1 rings (SSSR count). The zero-order chi connectivity index (χ0) is 11.3. The van der Waals surface area contributed by atoms with Crippen LogP contribution in [0.25, 0.3) is 0 Å². The predicted molar refractivity (Wildman–Crippen MR) is 49.6 cm³/mol. The largest absolute Gasteiger partial charge is 0.550 e. The summed E-state index contributed by atoms with van der Waals surface area (Å²) in [5.41, 5.74) is 0.398. The second kappa shape index (κ2) is 5.24. The van der Waals surface area contributed by atoms with Gasteiger partial charge in [0, 0.05) is 18.0 Å². The topological polar surface area (TPSA) is 57.2 Å². The van der Waals surface area contributed by atoms with E-state index < -0.39 is 11.8 Å². The normalized spacial score (nSPS) is 9.93. The van der Waals surface area contributed by atoms with Crippen molar-refractivity contribution in [2.75, 3.05) is 0 Å². The van der Waals surface area contributed by atoms with Crippen LogP contribution >= 0.6 is 0 Å². The molecular weight excluding hydrogens is 199 g/mol. The molecule has 0 saturated carbocycles. The van der Waals surface area contributed by atoms with E-state index in [4.69, 9.17) is 0 Å². The van der Waals surface area contributed by atoms with E-state index in [1.54, 1.807) is 0 Å². The van der Waals surface area contributed by atoms with Gasteiger partial charge in [0.2, 0.25) is 0 Å². The second-order valence-corrected chi connectivity index (χ2v) is 3.16. The first-order valence-corrected chi connectivity index (χ1v) is 4.58. The number of carbonyl (C=O) groups is 2. The van der Waals surface area contributed by atoms with Gasteiger partial charge in [0.25, 0.3) is 0 Å². The van der Waals surface area contributed by atoms with Crippen LogP contribution in [0.3, 0.4) is 0 Å². The van der Waals surface area contributed by atoms with Crippen LogP contribution < -0.4 is 5.11 Å². The summed E-state index contributed by atoms with van der Waals surface area (Å²) in [6.45, 7) is 0. The summed E-state index contributed by atoms with van der Waals surface area (Å²) in [6, 6.07) is 5.17. The van der Waals surface area contributed by atoms with E-state index in [9.17, 15) is 19.1 Å². The summed E-state index contributed by atoms with van der Waals surface area (Å²) in [6.07, 6.45) is 0.255. The number of halogens is 1. The molecule has 0 aliphatic carbocycles. The molecule has 0 amide bonds. The van der Waals surface area contributed by atoms with Crippen LogP contribution in [0.1, 0.15) is 29.6 Å². The Bertz CT molecular complexity index is 357. The van der Waals surface area contributed by atoms with Crippen LogP contribution in [-0.2, 0) is 4.79 Å². The molecule has 1 aromatic rings. The van der Waals surface area contributed by atoms with E-state index in [0.29, 0.717) is 5.56 Å². The van der Waals surface area contributed by atoms with Crippen molar-refractivity contribution in [2.45, 2.75) is 19.3 Å². The number of aliphatic carboxylic acids is 1. The molecule has 0 saturated heterocycles. The lowest BCUT2D eigenvalue weighted by Gasteiger charge is -2.02. The first kappa shape index (κ1) is 11.4. The highest BCUT2D eigenvalue weighted by Crippen LogP contribution is 2.08. The Hall–Kier alpha value is -1.71. The molecule has 0 aliphatic heterocycles. The van der Waals surface area contributed by atoms with Gasteiger partial charge >= 0.3 is 0 Å². The molecule has 0 N–H and O–H groups in total. The van der Waals surface area contributed by atoms with Crippen molar-refractivity contribution in [3.05, 3.63) is 35.6 Å². The van der Waals surface area contributed by atoms with Crippen molar-refractivity contribution < 1.29 is 19.1 Å². The second-order valence-electron chi connectivity index (χ2n) is 3.16. The number of hydrogen-bond donors (Lipinski definition) is 0. The van der Waals surface area contributed by atoms with Gasteiger partial charge in [-0.05, 0) is 37.1 Å². The van der Waals surface area contributed by atoms with E-state index in [1.807, 2.05) is 0 Å². The standard InChI is InChI=1S/C11H11FO3/c12-9-6-4-8(5-7-9)10(13)2-1-3-11(14)15/h4-7H,1-3H2,(H,14,15)/p-1. The fourth-order valence-corrected chi connectivity index (χ4v) is 1.17. The van der Waals surface area contributed by atoms with E-state index in [1.165, 1.54) is 24.3 Å². The Balaban J connectivity index is 2.47. The molecule has 0 fully saturated rings. The molecule has 0 bridgehead atoms. The molecule has 0 spiro atoms. The van der Waals surface area contributed by atoms with Crippen molar-refractivity contribution in [3.8, 4) is 0 Å². The number of carbonyl (C=O) groups excluding carboxylic acids is 2. The number of Topliss-reactive ketones (excluding diaryl/α,β-unsaturated/α-hetero) is 1. The smallest absolute Gasteiger partial charge is 0.162 e. The molecule has 0 aliphatic rings. The van der Waals surface area contributed by atoms with Gasteiger partial charge in [0.1, 0.15) is 5.82 Å². The van der Waals surface area contributed by atoms with E-state index >= 15 is 0 Å². The molecule has 0 unspecified atom stereocenters. The number of carboxylic acid groups (broad SMARTS) is 1. The fraction of sp³-hybridized carbons (Fsp3) is 0.273. The van der Waals surface area contributed by atoms with Crippen molar-refractivity contribution in [1.29, 1.82) is 0 Å². The lowest BCUT2D eigenvalue weighted by Crippen LogP contribution is -2.21. The Kier molecular flexibility index (Phi) is 3.97. The van der Waals surface area contributed by atoms with Crippen LogP contribution in [0.5, 0.6) is 0 Å². The maximum Gasteiger partial charge on any atom is 0.162 e. The summed E-state index contributed by atoms with van der Waals surface area (Å²) in [7, 11) is 0. The minimum absolute atomic E-state index is 0.132. The van der Waals surface area contributed by atoms with Crippen LogP contribution in [0.4, 0.5) is 4.39 Å². The Labute approximate surface area is 86.5 Å². The summed E-state index contributed by atoms with van der Waals surface area (Å²) in [4.78, 5) is 21.5. The zero-order valence-corrected chi connectivity index (χ0v) is 8.03. The van der Waals surface area contributed by atoms with Gasteiger partial charge in [0.05, 0.1) is 0 Å². The highest BCUT2D eigenvalue weighted by molar-refractivity contribution is 5.96. The van der Waals surface area contributed by atoms with Gasteiger partial charge < -0.3 is 9.90 Å². The Morgan fingerprint density at radius 3 is 2.27 bits per heavy atom. The summed E-state index contributed by atoms with van der Waals surface area (Å²) >= 11 is 0. The van der Waals surface area contributed by atoms with Crippen LogP contribution in [-0.4, -0.2) is 11.8 Å². The summed E-state index contributed by atoms with van der Waals surface area (Å²) < 4.78 is 12.5. The fourth-order valence-electron chi connectivity index (χ4n) is 1.17. The van der Waals surface area contributed by atoms with Crippen LogP contribution in [0.15, 0.2) is 24.3 Å². The van der Waals surface area contributed by atoms with Crippen LogP contribution in [0, 0.1) is 5.82 Å². The first-order chi connectivity index (χ1) is 7.09. The molecule has 0 radical (unpaired) electrons. The van der Waals surface area contributed by atoms with Crippen molar-refractivity contribution in [1.82, 2.24) is 0 Å². The van der Waals surface area contributed by atoms with Crippen molar-refractivity contribution in [3.63, 3.8) is 0 Å². The Morgan fingerprint density at radius 1 is 1.13 bits per heavy atom. The monoisotopic (exact) mass is 209 g/mol. The predicted octanol–water partition coefficient (Wildman–Crippen LogP) is 0.929. The van der Waals surface area contributed by atoms with E-state index in [2.05, 4.69) is 0 Å². The average molecular weight is 209 g/mol. The van der Waals surface area contributed by atoms with Crippen molar-refractivity contribution >= 4 is 11.8 Å². The van der Waals surface area contributed by atoms with Gasteiger partial charge in [-0.3, -0.25) is 4.79 Å². The molecule has 0 aromatic heterocycles. The van der Waals surface area contributed by atoms with Crippen LogP contribution in [0.2, 0.25) is 0 Å². The molecule has 80 valence electrons. The maximum absolute atomic E-state index is 12.5. The molecule has 4 heteroatoms. The number of benzene rings is 1. The summed E-state index contributed by atoms with van der Waals surface area (Å²) in [5, 5.41) is 10.1. The number of hydrogen-bond acceptors (Lipinski definition) is 3. The third-order valence-electron chi connectivity index (χ3n) is 1.95. The minimum Gasteiger partial charge on any atom is -0.550 e. The molecule has 15 heavy (non-hydrogen) atoms. The van der Waals surface area contributed by atoms with Gasteiger partial charge in [-0.2, -0.15) is 0 Å². The van der Waals surface area contributed by atoms with E-state index in [-0.39, 0.29) is 25.0 Å². The number of ketones is 1. The third-order valence-corrected chi connectivity index (χ3v) is 1.95. The van der Waals surface area contributed by atoms with Gasteiger partial charge in [0.15, 0.2) is 5.78 Å². The highest BCUT2D eigenvalue weighted by atomic mass is 19.1.